The molecule has 0 saturated heterocycles. The number of nitrogens with one attached hydrogen (secondary N) is 1. The van der Waals surface area contributed by atoms with E-state index in [9.17, 15) is 0 Å². The summed E-state index contributed by atoms with van der Waals surface area (Å²) < 4.78 is 0. The Morgan fingerprint density at radius 1 is 1.17 bits per heavy atom. The molecule has 0 heterocycles. The Bertz CT molecular complexity index is 9.51. The number of hydrogen-bond acceptors (Lipinski definition) is 1. The van der Waals surface area contributed by atoms with Crippen molar-refractivity contribution in [1.29, 1.82) is 0 Å². The number of rotatable bonds is 0. The van der Waals surface area contributed by atoms with E-state index in [0.29, 0.717) is 0 Å². The third-order valence-corrected chi connectivity index (χ3v) is 0. The Morgan fingerprint density at radius 3 is 1.17 bits per heavy atom. The standard InChI is InChI=1S/C2H7N.2CH3.Al/c1-3-2;;;/h3H,1-2H3;2*1H3;/q;;;+1. The summed E-state index contributed by atoms with van der Waals surface area (Å²) in [7, 11) is 3.75. The first-order valence-corrected chi connectivity index (χ1v) is 4.46. The maximum atomic E-state index is 2.75. The summed E-state index contributed by atoms with van der Waals surface area (Å²) in [5, 5.41) is 2.75. The van der Waals surface area contributed by atoms with Gasteiger partial charge in [-0.3, -0.25) is 0 Å². The summed E-state index contributed by atoms with van der Waals surface area (Å²) in [6, 6.07) is 0. The molecule has 0 atom stereocenters. The average molecular weight is 102 g/mol. The molecular formula is C4H13AlN+. The van der Waals surface area contributed by atoms with Crippen molar-refractivity contribution in [3.63, 3.8) is 0 Å². The Balaban J connectivity index is 0. The van der Waals surface area contributed by atoms with E-state index in [4.69, 9.17) is 0 Å². The third kappa shape index (κ3) is 226. The van der Waals surface area contributed by atoms with E-state index in [1.54, 1.807) is 0 Å². The minimum absolute atomic E-state index is 0.750. The summed E-state index contributed by atoms with van der Waals surface area (Å²) in [6.07, 6.45) is 0. The summed E-state index contributed by atoms with van der Waals surface area (Å²) in [6.45, 7) is 0. The fraction of sp³-hybridized carbons (Fsp3) is 1.00. The SMILES string of the molecule is CNC.[CH3][Al+][CH3]. The average Bonchev–Trinajstić information content (AvgIpc) is 1.39. The van der Waals surface area contributed by atoms with Gasteiger partial charge < -0.3 is 5.32 Å². The van der Waals surface area contributed by atoms with E-state index in [1.807, 2.05) is 14.1 Å². The summed E-state index contributed by atoms with van der Waals surface area (Å²) >= 11 is 0.750. The molecular weight excluding hydrogens is 89.0 g/mol. The van der Waals surface area contributed by atoms with Crippen molar-refractivity contribution in [2.75, 3.05) is 14.1 Å². The molecule has 0 aliphatic rings. The van der Waals surface area contributed by atoms with Gasteiger partial charge in [-0.25, -0.2) is 0 Å². The topological polar surface area (TPSA) is 12.0 Å². The monoisotopic (exact) mass is 102 g/mol. The van der Waals surface area contributed by atoms with Crippen LogP contribution in [0.4, 0.5) is 0 Å². The molecule has 36 valence electrons. The fourth-order valence-corrected chi connectivity index (χ4v) is 0. The Hall–Kier alpha value is 0.492. The maximum absolute atomic E-state index is 2.75. The van der Waals surface area contributed by atoms with Crippen LogP contribution >= 0.6 is 0 Å². The van der Waals surface area contributed by atoms with Crippen LogP contribution in [0.5, 0.6) is 0 Å². The Morgan fingerprint density at radius 2 is 1.17 bits per heavy atom. The summed E-state index contributed by atoms with van der Waals surface area (Å²) in [5.41, 5.74) is 0. The van der Waals surface area contributed by atoms with Gasteiger partial charge >= 0.3 is 26.8 Å². The molecule has 0 radical (unpaired) electrons. The minimum atomic E-state index is 0.750. The van der Waals surface area contributed by atoms with Crippen LogP contribution in [0.2, 0.25) is 11.6 Å². The van der Waals surface area contributed by atoms with Gasteiger partial charge in [-0.15, -0.1) is 0 Å². The van der Waals surface area contributed by atoms with Crippen LogP contribution in [0.25, 0.3) is 0 Å². The second kappa shape index (κ2) is 17.8. The van der Waals surface area contributed by atoms with E-state index < -0.39 is 0 Å². The van der Waals surface area contributed by atoms with Gasteiger partial charge in [-0.1, -0.05) is 0 Å². The zero-order valence-electron chi connectivity index (χ0n) is 5.08. The van der Waals surface area contributed by atoms with Crippen molar-refractivity contribution in [2.24, 2.45) is 0 Å². The van der Waals surface area contributed by atoms with E-state index in [1.165, 1.54) is 0 Å². The molecule has 0 aromatic heterocycles. The molecule has 1 nitrogen and oxygen atoms in total. The van der Waals surface area contributed by atoms with Gasteiger partial charge in [-0.2, -0.15) is 0 Å². The van der Waals surface area contributed by atoms with Crippen LogP contribution in [0.15, 0.2) is 0 Å². The van der Waals surface area contributed by atoms with Gasteiger partial charge in [0.1, 0.15) is 0 Å². The van der Waals surface area contributed by atoms with Crippen molar-refractivity contribution in [3.05, 3.63) is 0 Å². The van der Waals surface area contributed by atoms with Gasteiger partial charge in [0.25, 0.3) is 0 Å². The molecule has 0 aliphatic heterocycles. The zero-order valence-corrected chi connectivity index (χ0v) is 6.23. The molecule has 0 amide bonds. The van der Waals surface area contributed by atoms with E-state index in [-0.39, 0.29) is 0 Å². The van der Waals surface area contributed by atoms with Crippen molar-refractivity contribution in [2.45, 2.75) is 11.6 Å². The molecule has 0 rings (SSSR count). The molecule has 0 bridgehead atoms. The molecule has 0 spiro atoms. The quantitative estimate of drug-likeness (QED) is 0.442. The third-order valence-electron chi connectivity index (χ3n) is 0. The normalized spacial score (nSPS) is 4.67. The van der Waals surface area contributed by atoms with Crippen LogP contribution in [0.3, 0.4) is 0 Å². The van der Waals surface area contributed by atoms with Crippen LogP contribution < -0.4 is 5.32 Å². The molecule has 0 unspecified atom stereocenters. The Labute approximate surface area is 46.8 Å². The van der Waals surface area contributed by atoms with E-state index >= 15 is 0 Å². The Kier molecular flexibility index (Phi) is 28.9. The van der Waals surface area contributed by atoms with Gasteiger partial charge in [-0.05, 0) is 14.1 Å². The van der Waals surface area contributed by atoms with Crippen molar-refractivity contribution >= 4 is 15.2 Å². The molecule has 6 heavy (non-hydrogen) atoms. The number of hydrogen-bond donors (Lipinski definition) is 1. The second-order valence-corrected chi connectivity index (χ2v) is 2.23. The second-order valence-electron chi connectivity index (χ2n) is 1.08. The van der Waals surface area contributed by atoms with Crippen LogP contribution in [0.1, 0.15) is 0 Å². The molecule has 0 saturated carbocycles. The van der Waals surface area contributed by atoms with Gasteiger partial charge in [0.05, 0.1) is 0 Å². The van der Waals surface area contributed by atoms with Crippen LogP contribution in [-0.2, 0) is 0 Å². The van der Waals surface area contributed by atoms with Gasteiger partial charge in [0.2, 0.25) is 0 Å². The van der Waals surface area contributed by atoms with Crippen LogP contribution in [-0.4, -0.2) is 29.3 Å². The first-order chi connectivity index (χ1) is 2.83. The molecule has 0 fully saturated rings. The zero-order chi connectivity index (χ0) is 5.41. The predicted octanol–water partition coefficient (Wildman–Crippen LogP) is 0.622. The van der Waals surface area contributed by atoms with Gasteiger partial charge in [0.15, 0.2) is 0 Å². The first-order valence-electron chi connectivity index (χ1n) is 2.15. The predicted molar refractivity (Wildman–Crippen MR) is 32.5 cm³/mol. The van der Waals surface area contributed by atoms with E-state index in [2.05, 4.69) is 16.9 Å². The van der Waals surface area contributed by atoms with Crippen molar-refractivity contribution < 1.29 is 0 Å². The molecule has 0 aliphatic carbocycles. The molecule has 2 heteroatoms. The fourth-order valence-electron chi connectivity index (χ4n) is 0. The molecule has 1 N–H and O–H groups in total. The van der Waals surface area contributed by atoms with Crippen molar-refractivity contribution in [3.8, 4) is 0 Å². The first kappa shape index (κ1) is 9.70. The summed E-state index contributed by atoms with van der Waals surface area (Å²) in [5.74, 6) is 4.42. The van der Waals surface area contributed by atoms with Crippen LogP contribution in [0, 0.1) is 0 Å². The van der Waals surface area contributed by atoms with Gasteiger partial charge in [0, 0.05) is 0 Å². The molecule has 0 aromatic rings. The van der Waals surface area contributed by atoms with Crippen molar-refractivity contribution in [1.82, 2.24) is 5.32 Å². The molecule has 0 aromatic carbocycles. The summed E-state index contributed by atoms with van der Waals surface area (Å²) in [4.78, 5) is 0. The van der Waals surface area contributed by atoms with E-state index in [0.717, 1.165) is 15.2 Å².